The van der Waals surface area contributed by atoms with Gasteiger partial charge in [0.15, 0.2) is 0 Å². The number of phenolic OH excluding ortho intramolecular Hbond substituents is 1. The van der Waals surface area contributed by atoms with Crippen molar-refractivity contribution in [2.45, 2.75) is 52.5 Å². The van der Waals surface area contributed by atoms with Crippen molar-refractivity contribution >= 4 is 5.91 Å². The molecule has 1 fully saturated rings. The Bertz CT molecular complexity index is 470. The standard InChI is InChI=1S/C16H23NO2/c1-11-4-5-14(18)13(10-11)15(19)17-12-6-8-16(2,3)9-7-12/h4-5,10,12,18H,6-9H2,1-3H3,(H,17,19). The summed E-state index contributed by atoms with van der Waals surface area (Å²) >= 11 is 0. The lowest BCUT2D eigenvalue weighted by molar-refractivity contribution is 0.0906. The molecule has 3 nitrogen and oxygen atoms in total. The second kappa shape index (κ2) is 5.24. The van der Waals surface area contributed by atoms with Crippen LogP contribution in [0.25, 0.3) is 0 Å². The van der Waals surface area contributed by atoms with Gasteiger partial charge in [0.05, 0.1) is 5.56 Å². The van der Waals surface area contributed by atoms with Gasteiger partial charge in [-0.3, -0.25) is 4.79 Å². The van der Waals surface area contributed by atoms with Crippen LogP contribution < -0.4 is 5.32 Å². The number of hydrogen-bond donors (Lipinski definition) is 2. The molecule has 0 aromatic heterocycles. The normalized spacial score (nSPS) is 19.1. The number of nitrogens with one attached hydrogen (secondary N) is 1. The average Bonchev–Trinajstić information content (AvgIpc) is 2.35. The van der Waals surface area contributed by atoms with Crippen molar-refractivity contribution < 1.29 is 9.90 Å². The van der Waals surface area contributed by atoms with Gasteiger partial charge >= 0.3 is 0 Å². The molecule has 0 bridgehead atoms. The minimum atomic E-state index is -0.161. The number of amides is 1. The van der Waals surface area contributed by atoms with E-state index in [0.29, 0.717) is 11.0 Å². The monoisotopic (exact) mass is 261 g/mol. The highest BCUT2D eigenvalue weighted by Gasteiger charge is 2.28. The first-order valence-electron chi connectivity index (χ1n) is 6.98. The zero-order valence-corrected chi connectivity index (χ0v) is 12.0. The number of carbonyl (C=O) groups excluding carboxylic acids is 1. The van der Waals surface area contributed by atoms with E-state index >= 15 is 0 Å². The number of aryl methyl sites for hydroxylation is 1. The predicted octanol–water partition coefficient (Wildman–Crippen LogP) is 3.40. The van der Waals surface area contributed by atoms with Gasteiger partial charge in [0, 0.05) is 6.04 Å². The Balaban J connectivity index is 2.00. The molecule has 1 aromatic carbocycles. The van der Waals surface area contributed by atoms with Gasteiger partial charge in [0.25, 0.3) is 5.91 Å². The van der Waals surface area contributed by atoms with E-state index in [-0.39, 0.29) is 17.7 Å². The predicted molar refractivity (Wildman–Crippen MR) is 76.3 cm³/mol. The van der Waals surface area contributed by atoms with E-state index in [1.807, 2.05) is 6.92 Å². The van der Waals surface area contributed by atoms with Crippen molar-refractivity contribution in [3.8, 4) is 5.75 Å². The van der Waals surface area contributed by atoms with Crippen LogP contribution in [0.3, 0.4) is 0 Å². The number of hydrogen-bond acceptors (Lipinski definition) is 2. The molecule has 0 spiro atoms. The Hall–Kier alpha value is -1.51. The molecular formula is C16H23NO2. The number of benzene rings is 1. The highest BCUT2D eigenvalue weighted by molar-refractivity contribution is 5.97. The van der Waals surface area contributed by atoms with Gasteiger partial charge in [-0.25, -0.2) is 0 Å². The molecule has 104 valence electrons. The van der Waals surface area contributed by atoms with Crippen LogP contribution >= 0.6 is 0 Å². The van der Waals surface area contributed by atoms with E-state index in [1.165, 1.54) is 0 Å². The lowest BCUT2D eigenvalue weighted by Gasteiger charge is -2.34. The average molecular weight is 261 g/mol. The molecule has 0 unspecified atom stereocenters. The summed E-state index contributed by atoms with van der Waals surface area (Å²) in [4.78, 5) is 12.2. The lowest BCUT2D eigenvalue weighted by Crippen LogP contribution is -2.39. The molecule has 3 heteroatoms. The highest BCUT2D eigenvalue weighted by Crippen LogP contribution is 2.35. The minimum Gasteiger partial charge on any atom is -0.507 e. The molecule has 0 atom stereocenters. The van der Waals surface area contributed by atoms with Crippen LogP contribution in [0.1, 0.15) is 55.5 Å². The summed E-state index contributed by atoms with van der Waals surface area (Å²) in [5.41, 5.74) is 1.75. The van der Waals surface area contributed by atoms with Crippen molar-refractivity contribution in [3.63, 3.8) is 0 Å². The summed E-state index contributed by atoms with van der Waals surface area (Å²) in [5, 5.41) is 12.8. The van der Waals surface area contributed by atoms with E-state index < -0.39 is 0 Å². The summed E-state index contributed by atoms with van der Waals surface area (Å²) in [6.45, 7) is 6.47. The van der Waals surface area contributed by atoms with Crippen molar-refractivity contribution in [1.29, 1.82) is 0 Å². The summed E-state index contributed by atoms with van der Waals surface area (Å²) in [6, 6.07) is 5.35. The van der Waals surface area contributed by atoms with Gasteiger partial charge in [-0.1, -0.05) is 25.5 Å². The van der Waals surface area contributed by atoms with Gasteiger partial charge in [0.2, 0.25) is 0 Å². The van der Waals surface area contributed by atoms with E-state index in [2.05, 4.69) is 19.2 Å². The molecule has 0 heterocycles. The highest BCUT2D eigenvalue weighted by atomic mass is 16.3. The number of carbonyl (C=O) groups is 1. The van der Waals surface area contributed by atoms with Crippen LogP contribution in [0.4, 0.5) is 0 Å². The van der Waals surface area contributed by atoms with Gasteiger partial charge in [-0.05, 0) is 50.2 Å². The second-order valence-electron chi connectivity index (χ2n) is 6.43. The Labute approximate surface area is 115 Å². The number of phenols is 1. The van der Waals surface area contributed by atoms with Gasteiger partial charge in [0.1, 0.15) is 5.75 Å². The zero-order valence-electron chi connectivity index (χ0n) is 12.0. The number of rotatable bonds is 2. The third-order valence-corrected chi connectivity index (χ3v) is 4.07. The van der Waals surface area contributed by atoms with Crippen LogP contribution in [0.5, 0.6) is 5.75 Å². The van der Waals surface area contributed by atoms with Crippen molar-refractivity contribution in [3.05, 3.63) is 29.3 Å². The van der Waals surface area contributed by atoms with E-state index in [9.17, 15) is 9.90 Å². The van der Waals surface area contributed by atoms with Gasteiger partial charge in [-0.2, -0.15) is 0 Å². The number of aromatic hydroxyl groups is 1. The van der Waals surface area contributed by atoms with E-state index in [1.54, 1.807) is 18.2 Å². The fourth-order valence-electron chi connectivity index (χ4n) is 2.64. The topological polar surface area (TPSA) is 49.3 Å². The smallest absolute Gasteiger partial charge is 0.255 e. The first-order valence-corrected chi connectivity index (χ1v) is 6.98. The van der Waals surface area contributed by atoms with Gasteiger partial charge < -0.3 is 10.4 Å². The lowest BCUT2D eigenvalue weighted by atomic mass is 9.75. The van der Waals surface area contributed by atoms with E-state index in [4.69, 9.17) is 0 Å². The third kappa shape index (κ3) is 3.49. The maximum absolute atomic E-state index is 12.2. The quantitative estimate of drug-likeness (QED) is 0.857. The van der Waals surface area contributed by atoms with Crippen LogP contribution in [-0.2, 0) is 0 Å². The Morgan fingerprint density at radius 1 is 1.32 bits per heavy atom. The molecule has 1 aromatic rings. The van der Waals surface area contributed by atoms with Crippen LogP contribution in [0.15, 0.2) is 18.2 Å². The molecule has 1 saturated carbocycles. The summed E-state index contributed by atoms with van der Waals surface area (Å²) < 4.78 is 0. The van der Waals surface area contributed by atoms with Crippen molar-refractivity contribution in [2.24, 2.45) is 5.41 Å². The maximum Gasteiger partial charge on any atom is 0.255 e. The molecule has 1 aliphatic carbocycles. The molecule has 2 rings (SSSR count). The maximum atomic E-state index is 12.2. The fraction of sp³-hybridized carbons (Fsp3) is 0.562. The van der Waals surface area contributed by atoms with Crippen LogP contribution in [0, 0.1) is 12.3 Å². The molecule has 2 N–H and O–H groups in total. The first kappa shape index (κ1) is 13.9. The third-order valence-electron chi connectivity index (χ3n) is 4.07. The molecular weight excluding hydrogens is 238 g/mol. The molecule has 0 aliphatic heterocycles. The van der Waals surface area contributed by atoms with Gasteiger partial charge in [-0.15, -0.1) is 0 Å². The Kier molecular flexibility index (Phi) is 3.83. The van der Waals surface area contributed by atoms with Crippen molar-refractivity contribution in [2.75, 3.05) is 0 Å². The summed E-state index contributed by atoms with van der Waals surface area (Å²) in [5.74, 6) is -0.106. The molecule has 0 radical (unpaired) electrons. The second-order valence-corrected chi connectivity index (χ2v) is 6.43. The Morgan fingerprint density at radius 3 is 2.58 bits per heavy atom. The molecule has 1 aliphatic rings. The summed E-state index contributed by atoms with van der Waals surface area (Å²) in [6.07, 6.45) is 4.31. The van der Waals surface area contributed by atoms with E-state index in [0.717, 1.165) is 31.2 Å². The van der Waals surface area contributed by atoms with Crippen molar-refractivity contribution in [1.82, 2.24) is 5.32 Å². The SMILES string of the molecule is Cc1ccc(O)c(C(=O)NC2CCC(C)(C)CC2)c1. The largest absolute Gasteiger partial charge is 0.507 e. The molecule has 1 amide bonds. The molecule has 0 saturated heterocycles. The first-order chi connectivity index (χ1) is 8.87. The minimum absolute atomic E-state index is 0.0549. The Morgan fingerprint density at radius 2 is 1.95 bits per heavy atom. The zero-order chi connectivity index (χ0) is 14.0. The summed E-state index contributed by atoms with van der Waals surface area (Å²) in [7, 11) is 0. The van der Waals surface area contributed by atoms with Crippen LogP contribution in [-0.4, -0.2) is 17.1 Å². The fourth-order valence-corrected chi connectivity index (χ4v) is 2.64. The van der Waals surface area contributed by atoms with Crippen LogP contribution in [0.2, 0.25) is 0 Å². The molecule has 19 heavy (non-hydrogen) atoms.